The zero-order valence-electron chi connectivity index (χ0n) is 4.77. The van der Waals surface area contributed by atoms with E-state index in [1.165, 1.54) is 0 Å². The van der Waals surface area contributed by atoms with Gasteiger partial charge in [0.2, 0.25) is 0 Å². The van der Waals surface area contributed by atoms with E-state index < -0.39 is 17.5 Å². The fraction of sp³-hybridized carbons (Fsp3) is 0.667. The zero-order valence-corrected chi connectivity index (χ0v) is 8.70. The van der Waals surface area contributed by atoms with Gasteiger partial charge in [-0.2, -0.15) is 8.78 Å². The maximum absolute atomic E-state index is 11.1. The molecular weight excluding hydrogens is 177 g/mol. The molecule has 0 N–H and O–H groups in total. The Kier molecular flexibility index (Phi) is 10.7. The number of hydrogen-bond donors (Lipinski definition) is 0. The summed E-state index contributed by atoms with van der Waals surface area (Å²) in [5.41, 5.74) is 0. The van der Waals surface area contributed by atoms with E-state index in [2.05, 4.69) is 0 Å². The molecule has 0 amide bonds. The topological polar surface area (TPSA) is 40.1 Å². The summed E-state index contributed by atoms with van der Waals surface area (Å²) in [5.74, 6) is -4.72. The smallest absolute Gasteiger partial charge is 0.549 e. The number of carboxylic acids is 1. The zero-order chi connectivity index (χ0) is 6.57. The number of carbonyl (C=O) groups excluding carboxylic acids is 1. The molecule has 0 atom stereocenters. The number of halogens is 2. The second kappa shape index (κ2) is 7.42. The van der Waals surface area contributed by atoms with Crippen molar-refractivity contribution in [1.29, 1.82) is 0 Å². The Hall–Kier alpha value is 1.32. The molecule has 48 valence electrons. The monoisotopic (exact) mass is 180 g/mol. The fourth-order valence-corrected chi connectivity index (χ4v) is 0.393. The third-order valence-corrected chi connectivity index (χ3v) is 0.982. The Morgan fingerprint density at radius 1 is 1.67 bits per heavy atom. The third kappa shape index (κ3) is 12.5. The minimum atomic E-state index is -2.62. The predicted octanol–water partition coefficient (Wildman–Crippen LogP) is -3.30. The summed E-state index contributed by atoms with van der Waals surface area (Å²) < 4.78 is 22.1. The van der Waals surface area contributed by atoms with Gasteiger partial charge in [-0.3, -0.25) is 0 Å². The van der Waals surface area contributed by atoms with E-state index in [1.807, 2.05) is 0 Å². The SMILES string of the molecule is O=C([O-])CSC(F)F.[K+]. The quantitative estimate of drug-likeness (QED) is 0.427. The molecule has 0 bridgehead atoms. The molecule has 0 aromatic heterocycles. The van der Waals surface area contributed by atoms with Gasteiger partial charge in [0.25, 0.3) is 5.76 Å². The molecule has 0 aliphatic carbocycles. The molecule has 0 radical (unpaired) electrons. The molecule has 0 aromatic rings. The van der Waals surface area contributed by atoms with Gasteiger partial charge in [0.05, 0.1) is 5.97 Å². The summed E-state index contributed by atoms with van der Waals surface area (Å²) >= 11 is 0.0440. The molecule has 0 rings (SSSR count). The van der Waals surface area contributed by atoms with E-state index in [0.29, 0.717) is 0 Å². The van der Waals surface area contributed by atoms with Crippen molar-refractivity contribution < 1.29 is 70.1 Å². The second-order valence-electron chi connectivity index (χ2n) is 0.944. The minimum absolute atomic E-state index is 0. The van der Waals surface area contributed by atoms with Crippen LogP contribution in [0.3, 0.4) is 0 Å². The average Bonchev–Trinajstić information content (AvgIpc) is 1.61. The van der Waals surface area contributed by atoms with E-state index >= 15 is 0 Å². The van der Waals surface area contributed by atoms with Crippen LogP contribution in [0.5, 0.6) is 0 Å². The van der Waals surface area contributed by atoms with Gasteiger partial charge in [0.1, 0.15) is 0 Å². The van der Waals surface area contributed by atoms with E-state index in [9.17, 15) is 18.7 Å². The van der Waals surface area contributed by atoms with Gasteiger partial charge in [-0.1, -0.05) is 11.8 Å². The van der Waals surface area contributed by atoms with Crippen LogP contribution < -0.4 is 56.5 Å². The Labute approximate surface area is 97.8 Å². The van der Waals surface area contributed by atoms with Crippen LogP contribution in [0, 0.1) is 0 Å². The van der Waals surface area contributed by atoms with Gasteiger partial charge in [0.15, 0.2) is 0 Å². The van der Waals surface area contributed by atoms with Crippen molar-refractivity contribution in [3.8, 4) is 0 Å². The van der Waals surface area contributed by atoms with Crippen molar-refractivity contribution in [1.82, 2.24) is 0 Å². The summed E-state index contributed by atoms with van der Waals surface area (Å²) in [7, 11) is 0. The van der Waals surface area contributed by atoms with Gasteiger partial charge in [-0.25, -0.2) is 0 Å². The van der Waals surface area contributed by atoms with Crippen LogP contribution in [0.15, 0.2) is 0 Å². The number of aliphatic carboxylic acids is 1. The van der Waals surface area contributed by atoms with Gasteiger partial charge in [-0.05, 0) is 0 Å². The number of hydrogen-bond acceptors (Lipinski definition) is 3. The third-order valence-electron chi connectivity index (χ3n) is 0.327. The van der Waals surface area contributed by atoms with Crippen LogP contribution >= 0.6 is 11.8 Å². The van der Waals surface area contributed by atoms with Crippen LogP contribution in [-0.4, -0.2) is 17.5 Å². The number of rotatable bonds is 3. The van der Waals surface area contributed by atoms with Crippen molar-refractivity contribution in [3.63, 3.8) is 0 Å². The van der Waals surface area contributed by atoms with Crippen molar-refractivity contribution in [3.05, 3.63) is 0 Å². The molecule has 0 saturated carbocycles. The summed E-state index contributed by atoms with van der Waals surface area (Å²) in [5, 5.41) is 9.44. The van der Waals surface area contributed by atoms with Crippen LogP contribution in [0.25, 0.3) is 0 Å². The molecule has 0 aliphatic rings. The second-order valence-corrected chi connectivity index (χ2v) is 1.92. The molecule has 0 aliphatic heterocycles. The Bertz CT molecular complexity index is 89.9. The van der Waals surface area contributed by atoms with Crippen LogP contribution in [-0.2, 0) is 4.79 Å². The molecular formula is C3H3F2KO2S. The number of alkyl halides is 2. The molecule has 2 nitrogen and oxygen atoms in total. The maximum Gasteiger partial charge on any atom is 1.00 e. The van der Waals surface area contributed by atoms with Crippen LogP contribution in [0.1, 0.15) is 0 Å². The Balaban J connectivity index is 0. The first-order valence-electron chi connectivity index (χ1n) is 1.72. The van der Waals surface area contributed by atoms with E-state index in [0.717, 1.165) is 0 Å². The Morgan fingerprint density at radius 2 is 2.11 bits per heavy atom. The maximum atomic E-state index is 11.1. The summed E-state index contributed by atoms with van der Waals surface area (Å²) in [6.45, 7) is 0. The number of thioether (sulfide) groups is 1. The van der Waals surface area contributed by atoms with Gasteiger partial charge < -0.3 is 9.90 Å². The normalized spacial score (nSPS) is 8.78. The van der Waals surface area contributed by atoms with E-state index in [-0.39, 0.29) is 63.1 Å². The van der Waals surface area contributed by atoms with Crippen molar-refractivity contribution in [2.24, 2.45) is 0 Å². The van der Waals surface area contributed by atoms with Crippen molar-refractivity contribution in [2.45, 2.75) is 5.76 Å². The first-order valence-corrected chi connectivity index (χ1v) is 2.77. The number of carboxylic acid groups (broad SMARTS) is 1. The molecule has 0 unspecified atom stereocenters. The van der Waals surface area contributed by atoms with Crippen molar-refractivity contribution in [2.75, 3.05) is 5.75 Å². The average molecular weight is 180 g/mol. The first-order chi connectivity index (χ1) is 3.63. The van der Waals surface area contributed by atoms with Crippen LogP contribution in [0.2, 0.25) is 0 Å². The standard InChI is InChI=1S/C3H4F2O2S.K/c4-3(5)8-1-2(6)7;/h3H,1H2,(H,6,7);/q;+1/p-1. The van der Waals surface area contributed by atoms with Gasteiger partial charge in [-0.15, -0.1) is 0 Å². The molecule has 9 heavy (non-hydrogen) atoms. The first kappa shape index (κ1) is 12.9. The molecule has 0 aromatic carbocycles. The van der Waals surface area contributed by atoms with E-state index in [4.69, 9.17) is 0 Å². The Morgan fingerprint density at radius 3 is 2.22 bits per heavy atom. The van der Waals surface area contributed by atoms with Crippen molar-refractivity contribution >= 4 is 17.7 Å². The van der Waals surface area contributed by atoms with Gasteiger partial charge >= 0.3 is 51.4 Å². The van der Waals surface area contributed by atoms with Crippen LogP contribution in [0.4, 0.5) is 8.78 Å². The molecule has 0 heterocycles. The minimum Gasteiger partial charge on any atom is -0.549 e. The van der Waals surface area contributed by atoms with Gasteiger partial charge in [0, 0.05) is 5.75 Å². The molecule has 0 fully saturated rings. The number of carbonyl (C=O) groups is 1. The summed E-state index contributed by atoms with van der Waals surface area (Å²) in [6.07, 6.45) is 0. The predicted molar refractivity (Wildman–Crippen MR) is 23.5 cm³/mol. The largest absolute Gasteiger partial charge is 1.00 e. The summed E-state index contributed by atoms with van der Waals surface area (Å²) in [6, 6.07) is 0. The summed E-state index contributed by atoms with van der Waals surface area (Å²) in [4.78, 5) is 9.44. The van der Waals surface area contributed by atoms with E-state index in [1.54, 1.807) is 0 Å². The molecule has 0 spiro atoms. The fourth-order valence-electron chi connectivity index (χ4n) is 0.131. The molecule has 6 heteroatoms. The molecule has 0 saturated heterocycles.